The Morgan fingerprint density at radius 3 is 2.86 bits per heavy atom. The largest absolute Gasteiger partial charge is 0.335 e. The van der Waals surface area contributed by atoms with Crippen molar-refractivity contribution in [1.82, 2.24) is 10.2 Å². The van der Waals surface area contributed by atoms with Gasteiger partial charge in [-0.25, -0.2) is 0 Å². The summed E-state index contributed by atoms with van der Waals surface area (Å²) in [5, 5.41) is 4.08. The highest BCUT2D eigenvalue weighted by atomic mass is 35.5. The highest BCUT2D eigenvalue weighted by Gasteiger charge is 2.35. The molecule has 0 aromatic heterocycles. The number of piperidine rings is 1. The Labute approximate surface area is 131 Å². The minimum absolute atomic E-state index is 0.156. The number of hydrogen-bond donors (Lipinski definition) is 1. The predicted octanol–water partition coefficient (Wildman–Crippen LogP) is 3.25. The molecule has 1 aliphatic heterocycles. The van der Waals surface area contributed by atoms with Crippen LogP contribution in [0.15, 0.2) is 18.2 Å². The van der Waals surface area contributed by atoms with E-state index in [-0.39, 0.29) is 5.91 Å². The lowest BCUT2D eigenvalue weighted by Crippen LogP contribution is -2.42. The van der Waals surface area contributed by atoms with Crippen molar-refractivity contribution < 1.29 is 4.79 Å². The van der Waals surface area contributed by atoms with Gasteiger partial charge in [-0.15, -0.1) is 0 Å². The Hall–Kier alpha value is -1.06. The summed E-state index contributed by atoms with van der Waals surface area (Å²) < 4.78 is 0. The van der Waals surface area contributed by atoms with Gasteiger partial charge in [0, 0.05) is 23.2 Å². The van der Waals surface area contributed by atoms with Gasteiger partial charge in [0.1, 0.15) is 0 Å². The second-order valence-electron chi connectivity index (χ2n) is 6.36. The van der Waals surface area contributed by atoms with Gasteiger partial charge in [-0.1, -0.05) is 17.7 Å². The fraction of sp³-hybridized carbons (Fsp3) is 0.588. The monoisotopic (exact) mass is 306 g/mol. The third-order valence-electron chi connectivity index (χ3n) is 4.53. The summed E-state index contributed by atoms with van der Waals surface area (Å²) in [6.45, 7) is 5.01. The molecule has 1 aromatic rings. The van der Waals surface area contributed by atoms with Crippen molar-refractivity contribution in [3.05, 3.63) is 34.3 Å². The van der Waals surface area contributed by atoms with Gasteiger partial charge in [0.2, 0.25) is 0 Å². The SMILES string of the molecule is Cc1ccc(Cl)cc1C(=O)N(CC1CCCNC1)C1CC1. The summed E-state index contributed by atoms with van der Waals surface area (Å²) in [6.07, 6.45) is 4.72. The Bertz CT molecular complexity index is 522. The van der Waals surface area contributed by atoms with E-state index >= 15 is 0 Å². The van der Waals surface area contributed by atoms with Crippen molar-refractivity contribution in [2.45, 2.75) is 38.6 Å². The van der Waals surface area contributed by atoms with Gasteiger partial charge in [0.25, 0.3) is 5.91 Å². The number of hydrogen-bond acceptors (Lipinski definition) is 2. The van der Waals surface area contributed by atoms with Crippen LogP contribution >= 0.6 is 11.6 Å². The normalized spacial score (nSPS) is 22.1. The summed E-state index contributed by atoms with van der Waals surface area (Å²) in [7, 11) is 0. The van der Waals surface area contributed by atoms with Crippen LogP contribution in [0.5, 0.6) is 0 Å². The zero-order valence-electron chi connectivity index (χ0n) is 12.6. The number of rotatable bonds is 4. The zero-order valence-corrected chi connectivity index (χ0v) is 13.3. The topological polar surface area (TPSA) is 32.3 Å². The van der Waals surface area contributed by atoms with E-state index in [1.54, 1.807) is 0 Å². The van der Waals surface area contributed by atoms with E-state index in [0.29, 0.717) is 17.0 Å². The number of amides is 1. The van der Waals surface area contributed by atoms with Crippen LogP contribution in [0.25, 0.3) is 0 Å². The molecule has 0 radical (unpaired) electrons. The van der Waals surface area contributed by atoms with Crippen LogP contribution in [0.2, 0.25) is 5.02 Å². The molecule has 1 aromatic carbocycles. The minimum atomic E-state index is 0.156. The number of carbonyl (C=O) groups is 1. The third-order valence-corrected chi connectivity index (χ3v) is 4.77. The number of halogens is 1. The molecule has 1 atom stereocenters. The number of nitrogens with one attached hydrogen (secondary N) is 1. The fourth-order valence-electron chi connectivity index (χ4n) is 3.12. The van der Waals surface area contributed by atoms with Crippen LogP contribution in [0.1, 0.15) is 41.6 Å². The predicted molar refractivity (Wildman–Crippen MR) is 85.8 cm³/mol. The molecule has 114 valence electrons. The molecule has 1 N–H and O–H groups in total. The van der Waals surface area contributed by atoms with Crippen molar-refractivity contribution in [2.75, 3.05) is 19.6 Å². The van der Waals surface area contributed by atoms with E-state index in [1.165, 1.54) is 12.8 Å². The van der Waals surface area contributed by atoms with Crippen molar-refractivity contribution in [1.29, 1.82) is 0 Å². The molecule has 1 heterocycles. The lowest BCUT2D eigenvalue weighted by atomic mass is 9.98. The van der Waals surface area contributed by atoms with Crippen LogP contribution < -0.4 is 5.32 Å². The molecule has 2 aliphatic rings. The lowest BCUT2D eigenvalue weighted by Gasteiger charge is -2.30. The molecular formula is C17H23ClN2O. The lowest BCUT2D eigenvalue weighted by molar-refractivity contribution is 0.0703. The summed E-state index contributed by atoms with van der Waals surface area (Å²) in [5.74, 6) is 0.742. The maximum absolute atomic E-state index is 12.9. The van der Waals surface area contributed by atoms with Crippen LogP contribution in [0.4, 0.5) is 0 Å². The van der Waals surface area contributed by atoms with Crippen molar-refractivity contribution in [3.63, 3.8) is 0 Å². The highest BCUT2D eigenvalue weighted by molar-refractivity contribution is 6.31. The number of nitrogens with zero attached hydrogens (tertiary/aromatic N) is 1. The van der Waals surface area contributed by atoms with E-state index in [2.05, 4.69) is 10.2 Å². The van der Waals surface area contributed by atoms with Crippen LogP contribution in [0.3, 0.4) is 0 Å². The smallest absolute Gasteiger partial charge is 0.254 e. The fourth-order valence-corrected chi connectivity index (χ4v) is 3.29. The van der Waals surface area contributed by atoms with Gasteiger partial charge < -0.3 is 10.2 Å². The first-order valence-electron chi connectivity index (χ1n) is 7.93. The summed E-state index contributed by atoms with van der Waals surface area (Å²) in [6, 6.07) is 6.04. The zero-order chi connectivity index (χ0) is 14.8. The molecule has 1 saturated heterocycles. The second-order valence-corrected chi connectivity index (χ2v) is 6.80. The van der Waals surface area contributed by atoms with E-state index in [9.17, 15) is 4.79 Å². The molecule has 21 heavy (non-hydrogen) atoms. The maximum Gasteiger partial charge on any atom is 0.254 e. The molecular weight excluding hydrogens is 284 g/mol. The molecule has 0 spiro atoms. The number of carbonyl (C=O) groups excluding carboxylic acids is 1. The summed E-state index contributed by atoms with van der Waals surface area (Å²) in [5.41, 5.74) is 1.77. The molecule has 3 rings (SSSR count). The second kappa shape index (κ2) is 6.37. The van der Waals surface area contributed by atoms with E-state index in [1.807, 2.05) is 25.1 Å². The van der Waals surface area contributed by atoms with Gasteiger partial charge in [0.05, 0.1) is 0 Å². The van der Waals surface area contributed by atoms with E-state index < -0.39 is 0 Å². The first kappa shape index (κ1) is 14.9. The van der Waals surface area contributed by atoms with Crippen LogP contribution in [-0.2, 0) is 0 Å². The Morgan fingerprint density at radius 1 is 1.38 bits per heavy atom. The summed E-state index contributed by atoms with van der Waals surface area (Å²) in [4.78, 5) is 15.0. The minimum Gasteiger partial charge on any atom is -0.335 e. The molecule has 3 nitrogen and oxygen atoms in total. The summed E-state index contributed by atoms with van der Waals surface area (Å²) >= 11 is 6.07. The van der Waals surface area contributed by atoms with Gasteiger partial charge >= 0.3 is 0 Å². The maximum atomic E-state index is 12.9. The first-order valence-corrected chi connectivity index (χ1v) is 8.31. The van der Waals surface area contributed by atoms with Crippen LogP contribution in [0, 0.1) is 12.8 Å². The Balaban J connectivity index is 1.76. The number of aryl methyl sites for hydroxylation is 1. The van der Waals surface area contributed by atoms with Crippen molar-refractivity contribution >= 4 is 17.5 Å². The molecule has 1 aliphatic carbocycles. The van der Waals surface area contributed by atoms with Gasteiger partial charge in [0.15, 0.2) is 0 Å². The number of benzene rings is 1. The van der Waals surface area contributed by atoms with E-state index in [4.69, 9.17) is 11.6 Å². The highest BCUT2D eigenvalue weighted by Crippen LogP contribution is 2.31. The quantitative estimate of drug-likeness (QED) is 0.926. The molecule has 0 bridgehead atoms. The molecule has 2 fully saturated rings. The Kier molecular flexibility index (Phi) is 4.51. The van der Waals surface area contributed by atoms with Gasteiger partial charge in [-0.3, -0.25) is 4.79 Å². The molecule has 1 unspecified atom stereocenters. The van der Waals surface area contributed by atoms with Crippen molar-refractivity contribution in [3.8, 4) is 0 Å². The van der Waals surface area contributed by atoms with Gasteiger partial charge in [-0.2, -0.15) is 0 Å². The van der Waals surface area contributed by atoms with Gasteiger partial charge in [-0.05, 0) is 69.3 Å². The molecule has 1 amide bonds. The molecule has 1 saturated carbocycles. The Morgan fingerprint density at radius 2 is 2.19 bits per heavy atom. The standard InChI is InChI=1S/C17H23ClN2O/c1-12-4-5-14(18)9-16(12)17(21)20(15-6-7-15)11-13-3-2-8-19-10-13/h4-5,9,13,15,19H,2-3,6-8,10-11H2,1H3. The first-order chi connectivity index (χ1) is 10.1. The average Bonchev–Trinajstić information content (AvgIpc) is 3.32. The third kappa shape index (κ3) is 3.58. The average molecular weight is 307 g/mol. The van der Waals surface area contributed by atoms with Crippen molar-refractivity contribution in [2.24, 2.45) is 5.92 Å². The molecule has 4 heteroatoms. The van der Waals surface area contributed by atoms with E-state index in [0.717, 1.165) is 43.6 Å². The van der Waals surface area contributed by atoms with Crippen LogP contribution in [-0.4, -0.2) is 36.5 Å².